The van der Waals surface area contributed by atoms with Crippen LogP contribution in [0.25, 0.3) is 0 Å². The number of esters is 1. The Kier molecular flexibility index (Phi) is 8.32. The second-order valence-corrected chi connectivity index (χ2v) is 7.80. The Morgan fingerprint density at radius 3 is 2.56 bits per heavy atom. The minimum Gasteiger partial charge on any atom is -0.467 e. The molecule has 1 aromatic carbocycles. The van der Waals surface area contributed by atoms with E-state index in [0.717, 1.165) is 0 Å². The van der Waals surface area contributed by atoms with Gasteiger partial charge in [-0.2, -0.15) is 11.8 Å². The Bertz CT molecular complexity index is 775. The number of nitrogens with zero attached hydrogens (tertiary/aromatic N) is 1. The van der Waals surface area contributed by atoms with E-state index >= 15 is 0 Å². The Hall–Kier alpha value is -2.53. The van der Waals surface area contributed by atoms with Gasteiger partial charge < -0.3 is 10.1 Å². The minimum atomic E-state index is -0.798. The molecule has 0 fully saturated rings. The SMILES string of the molecule is COC(=O)C(CCSC)NC(=O)c1ccc([N+](=O)[O-])cc1C#CC(C)(C)C. The number of carbonyl (C=O) groups excluding carboxylic acids is 2. The third-order valence-corrected chi connectivity index (χ3v) is 4.08. The van der Waals surface area contributed by atoms with Crippen molar-refractivity contribution in [3.05, 3.63) is 39.4 Å². The Morgan fingerprint density at radius 1 is 1.37 bits per heavy atom. The van der Waals surface area contributed by atoms with Gasteiger partial charge in [0.2, 0.25) is 0 Å². The number of nitrogens with one attached hydrogen (secondary N) is 1. The van der Waals surface area contributed by atoms with Crippen molar-refractivity contribution in [2.45, 2.75) is 33.2 Å². The van der Waals surface area contributed by atoms with Gasteiger partial charge in [-0.3, -0.25) is 14.9 Å². The zero-order chi connectivity index (χ0) is 20.6. The van der Waals surface area contributed by atoms with Crippen molar-refractivity contribution in [2.75, 3.05) is 19.1 Å². The molecule has 0 heterocycles. The molecule has 1 rings (SSSR count). The van der Waals surface area contributed by atoms with E-state index in [1.807, 2.05) is 27.0 Å². The average Bonchev–Trinajstić information content (AvgIpc) is 2.61. The van der Waals surface area contributed by atoms with Crippen LogP contribution in [0.2, 0.25) is 0 Å². The van der Waals surface area contributed by atoms with E-state index < -0.39 is 22.8 Å². The van der Waals surface area contributed by atoms with Gasteiger partial charge in [-0.1, -0.05) is 11.8 Å². The third kappa shape index (κ3) is 7.31. The minimum absolute atomic E-state index is 0.156. The lowest BCUT2D eigenvalue weighted by Gasteiger charge is -2.16. The lowest BCUT2D eigenvalue weighted by atomic mass is 9.96. The highest BCUT2D eigenvalue weighted by Crippen LogP contribution is 2.19. The number of amides is 1. The number of methoxy groups -OCH3 is 1. The molecule has 0 bridgehead atoms. The lowest BCUT2D eigenvalue weighted by Crippen LogP contribution is -2.42. The van der Waals surface area contributed by atoms with Gasteiger partial charge in [0.25, 0.3) is 11.6 Å². The normalized spacial score (nSPS) is 11.7. The van der Waals surface area contributed by atoms with Crippen LogP contribution in [0.15, 0.2) is 18.2 Å². The van der Waals surface area contributed by atoms with Crippen LogP contribution < -0.4 is 5.32 Å². The summed E-state index contributed by atoms with van der Waals surface area (Å²) in [7, 11) is 1.26. The van der Waals surface area contributed by atoms with Crippen LogP contribution in [0.1, 0.15) is 43.1 Å². The fourth-order valence-electron chi connectivity index (χ4n) is 2.06. The standard InChI is InChI=1S/C19H24N2O5S/c1-19(2,3)10-8-13-12-14(21(24)25)6-7-15(13)17(22)20-16(9-11-27-5)18(23)26-4/h6-7,12,16H,9,11H2,1-5H3,(H,20,22). The van der Waals surface area contributed by atoms with Crippen LogP contribution in [0.5, 0.6) is 0 Å². The molecule has 0 spiro atoms. The molecule has 7 nitrogen and oxygen atoms in total. The zero-order valence-electron chi connectivity index (χ0n) is 16.1. The molecule has 1 aromatic rings. The van der Waals surface area contributed by atoms with Crippen LogP contribution in [0.3, 0.4) is 0 Å². The van der Waals surface area contributed by atoms with Crippen molar-refractivity contribution in [1.29, 1.82) is 0 Å². The van der Waals surface area contributed by atoms with Gasteiger partial charge in [0, 0.05) is 23.1 Å². The molecular weight excluding hydrogens is 368 g/mol. The number of nitro groups is 1. The summed E-state index contributed by atoms with van der Waals surface area (Å²) in [4.78, 5) is 35.1. The first kappa shape index (κ1) is 22.5. The molecule has 0 saturated carbocycles. The Balaban J connectivity index is 3.24. The Morgan fingerprint density at radius 2 is 2.04 bits per heavy atom. The number of nitro benzene ring substituents is 1. The van der Waals surface area contributed by atoms with Crippen molar-refractivity contribution in [2.24, 2.45) is 5.41 Å². The van der Waals surface area contributed by atoms with Gasteiger partial charge in [-0.25, -0.2) is 4.79 Å². The van der Waals surface area contributed by atoms with Crippen molar-refractivity contribution in [3.8, 4) is 11.8 Å². The summed E-state index contributed by atoms with van der Waals surface area (Å²) in [5.74, 6) is 5.42. The predicted molar refractivity (Wildman–Crippen MR) is 106 cm³/mol. The van der Waals surface area contributed by atoms with Gasteiger partial charge in [0.1, 0.15) is 6.04 Å². The number of rotatable bonds is 7. The first-order valence-corrected chi connectivity index (χ1v) is 9.67. The zero-order valence-corrected chi connectivity index (χ0v) is 16.9. The smallest absolute Gasteiger partial charge is 0.328 e. The highest BCUT2D eigenvalue weighted by atomic mass is 32.2. The first-order chi connectivity index (χ1) is 12.6. The van der Waals surface area contributed by atoms with Crippen LogP contribution in [-0.2, 0) is 9.53 Å². The molecule has 1 unspecified atom stereocenters. The van der Waals surface area contributed by atoms with E-state index in [0.29, 0.717) is 12.2 Å². The molecule has 0 aromatic heterocycles. The number of benzene rings is 1. The van der Waals surface area contributed by atoms with Gasteiger partial charge in [-0.15, -0.1) is 0 Å². The van der Waals surface area contributed by atoms with Crippen molar-refractivity contribution in [1.82, 2.24) is 5.32 Å². The van der Waals surface area contributed by atoms with Gasteiger partial charge in [-0.05, 0) is 45.3 Å². The maximum atomic E-state index is 12.7. The highest BCUT2D eigenvalue weighted by Gasteiger charge is 2.23. The summed E-state index contributed by atoms with van der Waals surface area (Å²) in [6.45, 7) is 5.69. The van der Waals surface area contributed by atoms with Crippen molar-refractivity contribution >= 4 is 29.3 Å². The molecule has 146 valence electrons. The second-order valence-electron chi connectivity index (χ2n) is 6.82. The first-order valence-electron chi connectivity index (χ1n) is 8.28. The highest BCUT2D eigenvalue weighted by molar-refractivity contribution is 7.98. The molecule has 0 radical (unpaired) electrons. The maximum absolute atomic E-state index is 12.7. The molecular formula is C19H24N2O5S. The molecule has 0 aliphatic heterocycles. The van der Waals surface area contributed by atoms with E-state index in [1.165, 1.54) is 25.3 Å². The molecule has 1 N–H and O–H groups in total. The van der Waals surface area contributed by atoms with E-state index in [2.05, 4.69) is 17.2 Å². The van der Waals surface area contributed by atoms with E-state index in [-0.39, 0.29) is 22.2 Å². The van der Waals surface area contributed by atoms with Gasteiger partial charge in [0.05, 0.1) is 17.6 Å². The summed E-state index contributed by atoms with van der Waals surface area (Å²) in [6, 6.07) is 3.06. The maximum Gasteiger partial charge on any atom is 0.328 e. The van der Waals surface area contributed by atoms with E-state index in [9.17, 15) is 19.7 Å². The van der Waals surface area contributed by atoms with Crippen molar-refractivity contribution < 1.29 is 19.2 Å². The summed E-state index contributed by atoms with van der Waals surface area (Å²) < 4.78 is 4.74. The quantitative estimate of drug-likeness (QED) is 0.331. The van der Waals surface area contributed by atoms with E-state index in [1.54, 1.807) is 11.8 Å². The van der Waals surface area contributed by atoms with Crippen LogP contribution in [0.4, 0.5) is 5.69 Å². The second kappa shape index (κ2) is 9.97. The van der Waals surface area contributed by atoms with E-state index in [4.69, 9.17) is 4.74 Å². The number of thioether (sulfide) groups is 1. The predicted octanol–water partition coefficient (Wildman–Crippen LogP) is 3.02. The van der Waals surface area contributed by atoms with Crippen LogP contribution in [0, 0.1) is 27.4 Å². The fraction of sp³-hybridized carbons (Fsp3) is 0.474. The molecule has 0 aliphatic carbocycles. The largest absolute Gasteiger partial charge is 0.467 e. The number of carbonyl (C=O) groups is 2. The van der Waals surface area contributed by atoms with Gasteiger partial charge >= 0.3 is 5.97 Å². The number of ether oxygens (including phenoxy) is 1. The number of non-ortho nitro benzene ring substituents is 1. The monoisotopic (exact) mass is 392 g/mol. The molecule has 27 heavy (non-hydrogen) atoms. The molecule has 1 atom stereocenters. The number of hydrogen-bond acceptors (Lipinski definition) is 6. The molecule has 1 amide bonds. The molecule has 8 heteroatoms. The Labute approximate surface area is 163 Å². The third-order valence-electron chi connectivity index (χ3n) is 3.43. The fourth-order valence-corrected chi connectivity index (χ4v) is 2.54. The summed E-state index contributed by atoms with van der Waals surface area (Å²) >= 11 is 1.54. The summed E-state index contributed by atoms with van der Waals surface area (Å²) in [5, 5.41) is 13.7. The topological polar surface area (TPSA) is 98.5 Å². The lowest BCUT2D eigenvalue weighted by molar-refractivity contribution is -0.384. The van der Waals surface area contributed by atoms with Crippen molar-refractivity contribution in [3.63, 3.8) is 0 Å². The number of hydrogen-bond donors (Lipinski definition) is 1. The summed E-state index contributed by atoms with van der Waals surface area (Å²) in [6.07, 6.45) is 2.31. The average molecular weight is 392 g/mol. The van der Waals surface area contributed by atoms with Crippen LogP contribution in [-0.4, -0.2) is 42.0 Å². The summed E-state index contributed by atoms with van der Waals surface area (Å²) in [5.41, 5.74) is -0.0807. The molecule has 0 aliphatic rings. The van der Waals surface area contributed by atoms with Gasteiger partial charge in [0.15, 0.2) is 0 Å². The van der Waals surface area contributed by atoms with Crippen LogP contribution >= 0.6 is 11.8 Å². The molecule has 0 saturated heterocycles.